The highest BCUT2D eigenvalue weighted by Gasteiger charge is 2.20. The standard InChI is InChI=1S/C20H27N3O.HI/c1-15(18-10-9-17-5-3-4-6-19(17)13-18)23-20(21-2)22-11-12-24-14-16-7-8-16;/h3-6,9-10,13,15-16H,7-8,11-12,14H2,1-2H3,(H2,21,22,23);1H. The van der Waals surface area contributed by atoms with Crippen molar-refractivity contribution in [1.82, 2.24) is 10.6 Å². The Morgan fingerprint density at radius 3 is 2.68 bits per heavy atom. The Balaban J connectivity index is 0.00000225. The first-order chi connectivity index (χ1) is 11.8. The van der Waals surface area contributed by atoms with E-state index in [0.29, 0.717) is 0 Å². The number of ether oxygens (including phenoxy) is 1. The fourth-order valence-electron chi connectivity index (χ4n) is 2.74. The van der Waals surface area contributed by atoms with Gasteiger partial charge in [-0.3, -0.25) is 4.99 Å². The van der Waals surface area contributed by atoms with Gasteiger partial charge in [0.1, 0.15) is 0 Å². The fourth-order valence-corrected chi connectivity index (χ4v) is 2.74. The van der Waals surface area contributed by atoms with Crippen LogP contribution in [-0.2, 0) is 4.74 Å². The Kier molecular flexibility index (Phi) is 7.96. The Morgan fingerprint density at radius 2 is 1.96 bits per heavy atom. The molecule has 1 saturated carbocycles. The van der Waals surface area contributed by atoms with E-state index in [2.05, 4.69) is 65.0 Å². The first-order valence-corrected chi connectivity index (χ1v) is 8.80. The van der Waals surface area contributed by atoms with E-state index in [9.17, 15) is 0 Å². The van der Waals surface area contributed by atoms with Crippen LogP contribution in [-0.4, -0.2) is 32.8 Å². The summed E-state index contributed by atoms with van der Waals surface area (Å²) in [6, 6.07) is 15.2. The maximum Gasteiger partial charge on any atom is 0.191 e. The van der Waals surface area contributed by atoms with Gasteiger partial charge in [-0.15, -0.1) is 24.0 Å². The molecule has 1 aliphatic rings. The summed E-state index contributed by atoms with van der Waals surface area (Å²) in [4.78, 5) is 4.30. The molecule has 0 aromatic heterocycles. The summed E-state index contributed by atoms with van der Waals surface area (Å²) in [5, 5.41) is 9.29. The summed E-state index contributed by atoms with van der Waals surface area (Å²) in [5.74, 6) is 1.63. The number of benzene rings is 2. The fraction of sp³-hybridized carbons (Fsp3) is 0.450. The second-order valence-electron chi connectivity index (χ2n) is 6.49. The van der Waals surface area contributed by atoms with Crippen molar-refractivity contribution in [3.05, 3.63) is 48.0 Å². The van der Waals surface area contributed by atoms with E-state index in [1.165, 1.54) is 29.2 Å². The molecular weight excluding hydrogens is 425 g/mol. The minimum atomic E-state index is 0. The van der Waals surface area contributed by atoms with Crippen molar-refractivity contribution in [3.8, 4) is 0 Å². The molecule has 4 nitrogen and oxygen atoms in total. The lowest BCUT2D eigenvalue weighted by molar-refractivity contribution is 0.129. The van der Waals surface area contributed by atoms with E-state index >= 15 is 0 Å². The van der Waals surface area contributed by atoms with Gasteiger partial charge in [-0.1, -0.05) is 36.4 Å². The van der Waals surface area contributed by atoms with Crippen LogP contribution in [0.2, 0.25) is 0 Å². The molecule has 0 aliphatic heterocycles. The Bertz CT molecular complexity index is 700. The van der Waals surface area contributed by atoms with Crippen LogP contribution in [0.5, 0.6) is 0 Å². The van der Waals surface area contributed by atoms with E-state index in [1.807, 2.05) is 0 Å². The monoisotopic (exact) mass is 453 g/mol. The average Bonchev–Trinajstić information content (AvgIpc) is 3.44. The van der Waals surface area contributed by atoms with Gasteiger partial charge in [0, 0.05) is 20.2 Å². The van der Waals surface area contributed by atoms with Crippen molar-refractivity contribution in [3.63, 3.8) is 0 Å². The van der Waals surface area contributed by atoms with Gasteiger partial charge in [0.05, 0.1) is 12.6 Å². The van der Waals surface area contributed by atoms with Crippen LogP contribution in [0.25, 0.3) is 10.8 Å². The molecule has 5 heteroatoms. The molecule has 3 rings (SSSR count). The van der Waals surface area contributed by atoms with Crippen molar-refractivity contribution in [2.45, 2.75) is 25.8 Å². The van der Waals surface area contributed by atoms with Gasteiger partial charge < -0.3 is 15.4 Å². The van der Waals surface area contributed by atoms with Crippen LogP contribution in [0.4, 0.5) is 0 Å². The zero-order valence-corrected chi connectivity index (χ0v) is 17.3. The van der Waals surface area contributed by atoms with Crippen LogP contribution in [0.15, 0.2) is 47.5 Å². The van der Waals surface area contributed by atoms with Crippen molar-refractivity contribution in [2.75, 3.05) is 26.8 Å². The molecule has 0 heterocycles. The van der Waals surface area contributed by atoms with Gasteiger partial charge >= 0.3 is 0 Å². The molecule has 2 aromatic carbocycles. The van der Waals surface area contributed by atoms with Crippen LogP contribution in [0, 0.1) is 5.92 Å². The highest BCUT2D eigenvalue weighted by molar-refractivity contribution is 14.0. The van der Waals surface area contributed by atoms with Gasteiger partial charge in [-0.25, -0.2) is 0 Å². The third-order valence-electron chi connectivity index (χ3n) is 4.44. The van der Waals surface area contributed by atoms with Gasteiger partial charge in [0.15, 0.2) is 5.96 Å². The van der Waals surface area contributed by atoms with Gasteiger partial charge in [-0.2, -0.15) is 0 Å². The average molecular weight is 453 g/mol. The third kappa shape index (κ3) is 6.15. The number of aliphatic imine (C=N–C) groups is 1. The number of nitrogens with zero attached hydrogens (tertiary/aromatic N) is 1. The smallest absolute Gasteiger partial charge is 0.191 e. The third-order valence-corrected chi connectivity index (χ3v) is 4.44. The van der Waals surface area contributed by atoms with E-state index < -0.39 is 0 Å². The van der Waals surface area contributed by atoms with Crippen LogP contribution in [0.1, 0.15) is 31.4 Å². The van der Waals surface area contributed by atoms with Gasteiger partial charge in [0.2, 0.25) is 0 Å². The Labute approximate surface area is 167 Å². The van der Waals surface area contributed by atoms with Crippen LogP contribution < -0.4 is 10.6 Å². The maximum absolute atomic E-state index is 5.65. The second-order valence-corrected chi connectivity index (χ2v) is 6.49. The van der Waals surface area contributed by atoms with Gasteiger partial charge in [0.25, 0.3) is 0 Å². The molecule has 2 aromatic rings. The molecule has 25 heavy (non-hydrogen) atoms. The normalized spacial score (nSPS) is 15.5. The number of guanidine groups is 1. The summed E-state index contributed by atoms with van der Waals surface area (Å²) in [5.41, 5.74) is 1.25. The van der Waals surface area contributed by atoms with Crippen molar-refractivity contribution < 1.29 is 4.74 Å². The minimum Gasteiger partial charge on any atom is -0.379 e. The summed E-state index contributed by atoms with van der Waals surface area (Å²) in [6.07, 6.45) is 2.67. The topological polar surface area (TPSA) is 45.7 Å². The first-order valence-electron chi connectivity index (χ1n) is 8.80. The predicted octanol–water partition coefficient (Wildman–Crippen LogP) is 4.11. The van der Waals surface area contributed by atoms with E-state index in [0.717, 1.165) is 31.6 Å². The quantitative estimate of drug-likeness (QED) is 0.287. The van der Waals surface area contributed by atoms with E-state index in [1.54, 1.807) is 7.05 Å². The SMILES string of the molecule is CN=C(NCCOCC1CC1)NC(C)c1ccc2ccccc2c1.I. The minimum absolute atomic E-state index is 0. The number of rotatable bonds is 7. The molecule has 0 saturated heterocycles. The molecule has 0 radical (unpaired) electrons. The predicted molar refractivity (Wildman–Crippen MR) is 116 cm³/mol. The Hall–Kier alpha value is -1.34. The second kappa shape index (κ2) is 9.97. The zero-order chi connectivity index (χ0) is 16.8. The molecular formula is C20H28IN3O. The molecule has 1 aliphatic carbocycles. The summed E-state index contributed by atoms with van der Waals surface area (Å²) < 4.78 is 5.65. The number of halogens is 1. The molecule has 2 N–H and O–H groups in total. The lowest BCUT2D eigenvalue weighted by Gasteiger charge is -2.19. The number of hydrogen-bond acceptors (Lipinski definition) is 2. The van der Waals surface area contributed by atoms with E-state index in [-0.39, 0.29) is 30.0 Å². The molecule has 1 unspecified atom stereocenters. The van der Waals surface area contributed by atoms with E-state index in [4.69, 9.17) is 4.74 Å². The molecule has 0 spiro atoms. The first kappa shape index (κ1) is 20.0. The van der Waals surface area contributed by atoms with Gasteiger partial charge in [-0.05, 0) is 48.1 Å². The lowest BCUT2D eigenvalue weighted by Crippen LogP contribution is -2.40. The Morgan fingerprint density at radius 1 is 1.20 bits per heavy atom. The molecule has 1 fully saturated rings. The van der Waals surface area contributed by atoms with Crippen molar-refractivity contribution in [2.24, 2.45) is 10.9 Å². The summed E-state index contributed by atoms with van der Waals surface area (Å²) >= 11 is 0. The highest BCUT2D eigenvalue weighted by Crippen LogP contribution is 2.28. The number of hydrogen-bond donors (Lipinski definition) is 2. The summed E-state index contributed by atoms with van der Waals surface area (Å²) in [6.45, 7) is 4.56. The molecule has 0 amide bonds. The van der Waals surface area contributed by atoms with Crippen LogP contribution >= 0.6 is 24.0 Å². The highest BCUT2D eigenvalue weighted by atomic mass is 127. The zero-order valence-electron chi connectivity index (χ0n) is 15.0. The van der Waals surface area contributed by atoms with Crippen molar-refractivity contribution >= 4 is 40.7 Å². The molecule has 136 valence electrons. The molecule has 1 atom stereocenters. The van der Waals surface area contributed by atoms with Crippen molar-refractivity contribution in [1.29, 1.82) is 0 Å². The lowest BCUT2D eigenvalue weighted by atomic mass is 10.0. The largest absolute Gasteiger partial charge is 0.379 e. The molecule has 0 bridgehead atoms. The number of nitrogens with one attached hydrogen (secondary N) is 2. The van der Waals surface area contributed by atoms with Crippen LogP contribution in [0.3, 0.4) is 0 Å². The number of fused-ring (bicyclic) bond motifs is 1. The summed E-state index contributed by atoms with van der Waals surface area (Å²) in [7, 11) is 1.80. The maximum atomic E-state index is 5.65.